The standard InChI is InChI=1S/C15H24/c1-2-8-13(7-1)15(11-5-6-12-15)14-9-3-4-10-14/h7,14H,1-6,8-12H2. The van der Waals surface area contributed by atoms with Crippen molar-refractivity contribution in [3.8, 4) is 0 Å². The van der Waals surface area contributed by atoms with Gasteiger partial charge in [0.15, 0.2) is 0 Å². The van der Waals surface area contributed by atoms with Crippen molar-refractivity contribution in [3.05, 3.63) is 11.6 Å². The van der Waals surface area contributed by atoms with Gasteiger partial charge in [0.25, 0.3) is 0 Å². The molecule has 15 heavy (non-hydrogen) atoms. The normalized spacial score (nSPS) is 31.1. The monoisotopic (exact) mass is 204 g/mol. The predicted molar refractivity (Wildman–Crippen MR) is 64.8 cm³/mol. The molecule has 3 aliphatic carbocycles. The summed E-state index contributed by atoms with van der Waals surface area (Å²) in [5.41, 5.74) is 2.61. The molecule has 0 aromatic carbocycles. The van der Waals surface area contributed by atoms with Gasteiger partial charge in [-0.3, -0.25) is 0 Å². The van der Waals surface area contributed by atoms with Gasteiger partial charge in [-0.05, 0) is 56.3 Å². The van der Waals surface area contributed by atoms with Crippen molar-refractivity contribution in [1.29, 1.82) is 0 Å². The van der Waals surface area contributed by atoms with E-state index in [0.29, 0.717) is 5.41 Å². The second-order valence-electron chi connectivity index (χ2n) is 5.97. The van der Waals surface area contributed by atoms with Crippen LogP contribution < -0.4 is 0 Å². The predicted octanol–water partition coefficient (Wildman–Crippen LogP) is 4.85. The first kappa shape index (κ1) is 9.93. The summed E-state index contributed by atoms with van der Waals surface area (Å²) in [6.07, 6.45) is 19.1. The Hall–Kier alpha value is -0.260. The largest absolute Gasteiger partial charge is 0.0847 e. The molecule has 3 rings (SSSR count). The van der Waals surface area contributed by atoms with Gasteiger partial charge in [-0.1, -0.05) is 37.3 Å². The lowest BCUT2D eigenvalue weighted by Gasteiger charge is -2.37. The van der Waals surface area contributed by atoms with E-state index in [0.717, 1.165) is 5.92 Å². The first-order chi connectivity index (χ1) is 7.42. The topological polar surface area (TPSA) is 0 Å². The summed E-state index contributed by atoms with van der Waals surface area (Å²) < 4.78 is 0. The highest BCUT2D eigenvalue weighted by Gasteiger charge is 2.44. The lowest BCUT2D eigenvalue weighted by Crippen LogP contribution is -2.27. The first-order valence-corrected chi connectivity index (χ1v) is 7.11. The number of hydrogen-bond donors (Lipinski definition) is 0. The summed E-state index contributed by atoms with van der Waals surface area (Å²) in [4.78, 5) is 0. The molecule has 0 radical (unpaired) electrons. The Kier molecular flexibility index (Phi) is 2.62. The lowest BCUT2D eigenvalue weighted by atomic mass is 9.67. The molecule has 0 heterocycles. The van der Waals surface area contributed by atoms with Crippen LogP contribution in [-0.4, -0.2) is 0 Å². The Labute approximate surface area is 94.1 Å². The van der Waals surface area contributed by atoms with Crippen LogP contribution in [0.5, 0.6) is 0 Å². The van der Waals surface area contributed by atoms with Crippen molar-refractivity contribution in [3.63, 3.8) is 0 Å². The van der Waals surface area contributed by atoms with Crippen molar-refractivity contribution in [2.45, 2.75) is 70.6 Å². The zero-order valence-corrected chi connectivity index (χ0v) is 9.93. The molecule has 0 heteroatoms. The van der Waals surface area contributed by atoms with Crippen molar-refractivity contribution >= 4 is 0 Å². The maximum atomic E-state index is 2.61. The molecule has 0 spiro atoms. The Morgan fingerprint density at radius 3 is 2.27 bits per heavy atom. The van der Waals surface area contributed by atoms with E-state index in [1.165, 1.54) is 70.6 Å². The van der Waals surface area contributed by atoms with Crippen LogP contribution in [-0.2, 0) is 0 Å². The van der Waals surface area contributed by atoms with E-state index in [-0.39, 0.29) is 0 Å². The van der Waals surface area contributed by atoms with E-state index < -0.39 is 0 Å². The molecule has 0 saturated heterocycles. The highest BCUT2D eigenvalue weighted by Crippen LogP contribution is 2.56. The number of hydrogen-bond acceptors (Lipinski definition) is 0. The molecule has 0 bridgehead atoms. The van der Waals surface area contributed by atoms with Gasteiger partial charge in [-0.25, -0.2) is 0 Å². The maximum Gasteiger partial charge on any atom is -0.00599 e. The summed E-state index contributed by atoms with van der Waals surface area (Å²) >= 11 is 0. The maximum absolute atomic E-state index is 2.61. The van der Waals surface area contributed by atoms with Crippen LogP contribution in [0.4, 0.5) is 0 Å². The first-order valence-electron chi connectivity index (χ1n) is 7.11. The van der Waals surface area contributed by atoms with Gasteiger partial charge >= 0.3 is 0 Å². The minimum absolute atomic E-state index is 0.715. The van der Waals surface area contributed by atoms with Crippen molar-refractivity contribution in [2.75, 3.05) is 0 Å². The molecule has 0 aliphatic heterocycles. The van der Waals surface area contributed by atoms with Crippen LogP contribution in [0.25, 0.3) is 0 Å². The average molecular weight is 204 g/mol. The van der Waals surface area contributed by atoms with Crippen LogP contribution in [0, 0.1) is 11.3 Å². The van der Waals surface area contributed by atoms with E-state index in [2.05, 4.69) is 6.08 Å². The lowest BCUT2D eigenvalue weighted by molar-refractivity contribution is 0.216. The molecule has 2 saturated carbocycles. The summed E-state index contributed by atoms with van der Waals surface area (Å²) in [6.45, 7) is 0. The quantitative estimate of drug-likeness (QED) is 0.564. The number of allylic oxidation sites excluding steroid dienone is 2. The second-order valence-corrected chi connectivity index (χ2v) is 5.97. The average Bonchev–Trinajstić information content (AvgIpc) is 3.02. The molecule has 0 amide bonds. The van der Waals surface area contributed by atoms with Crippen LogP contribution in [0.2, 0.25) is 0 Å². The third-order valence-electron chi connectivity index (χ3n) is 5.31. The molecule has 0 nitrogen and oxygen atoms in total. The van der Waals surface area contributed by atoms with E-state index >= 15 is 0 Å². The SMILES string of the molecule is C1=C(C2(C3CCCC3)CCCC2)CCC1. The van der Waals surface area contributed by atoms with E-state index in [1.807, 2.05) is 5.57 Å². The molecular weight excluding hydrogens is 180 g/mol. The Morgan fingerprint density at radius 1 is 0.933 bits per heavy atom. The smallest absolute Gasteiger partial charge is 0.00599 e. The van der Waals surface area contributed by atoms with Gasteiger partial charge in [0.1, 0.15) is 0 Å². The van der Waals surface area contributed by atoms with Crippen LogP contribution >= 0.6 is 0 Å². The second kappa shape index (κ2) is 3.96. The van der Waals surface area contributed by atoms with Crippen LogP contribution in [0.3, 0.4) is 0 Å². The van der Waals surface area contributed by atoms with Gasteiger partial charge in [-0.15, -0.1) is 0 Å². The van der Waals surface area contributed by atoms with Gasteiger partial charge in [0, 0.05) is 0 Å². The molecule has 0 unspecified atom stereocenters. The Morgan fingerprint density at radius 2 is 1.67 bits per heavy atom. The van der Waals surface area contributed by atoms with E-state index in [1.54, 1.807) is 0 Å². The van der Waals surface area contributed by atoms with Crippen LogP contribution in [0.1, 0.15) is 70.6 Å². The molecule has 84 valence electrons. The summed E-state index contributed by atoms with van der Waals surface area (Å²) in [7, 11) is 0. The highest BCUT2D eigenvalue weighted by atomic mass is 14.5. The minimum atomic E-state index is 0.715. The summed E-state index contributed by atoms with van der Waals surface area (Å²) in [5.74, 6) is 1.07. The zero-order valence-electron chi connectivity index (χ0n) is 9.93. The molecule has 0 aromatic rings. The fourth-order valence-corrected chi connectivity index (χ4v) is 4.60. The van der Waals surface area contributed by atoms with Crippen molar-refractivity contribution in [1.82, 2.24) is 0 Å². The number of rotatable bonds is 2. The third kappa shape index (κ3) is 1.57. The molecule has 2 fully saturated rings. The molecular formula is C15H24. The summed E-state index contributed by atoms with van der Waals surface area (Å²) in [6, 6.07) is 0. The molecule has 3 aliphatic rings. The highest BCUT2D eigenvalue weighted by molar-refractivity contribution is 5.22. The van der Waals surface area contributed by atoms with Gasteiger partial charge in [0.2, 0.25) is 0 Å². The van der Waals surface area contributed by atoms with Crippen molar-refractivity contribution in [2.24, 2.45) is 11.3 Å². The van der Waals surface area contributed by atoms with Crippen molar-refractivity contribution < 1.29 is 0 Å². The van der Waals surface area contributed by atoms with Gasteiger partial charge < -0.3 is 0 Å². The van der Waals surface area contributed by atoms with Gasteiger partial charge in [0.05, 0.1) is 0 Å². The summed E-state index contributed by atoms with van der Waals surface area (Å²) in [5, 5.41) is 0. The third-order valence-corrected chi connectivity index (χ3v) is 5.31. The fraction of sp³-hybridized carbons (Fsp3) is 0.867. The van der Waals surface area contributed by atoms with Crippen LogP contribution in [0.15, 0.2) is 11.6 Å². The van der Waals surface area contributed by atoms with E-state index in [9.17, 15) is 0 Å². The minimum Gasteiger partial charge on any atom is -0.0847 e. The zero-order chi connectivity index (χ0) is 10.1. The fourth-order valence-electron chi connectivity index (χ4n) is 4.60. The molecule has 0 aromatic heterocycles. The van der Waals surface area contributed by atoms with Gasteiger partial charge in [-0.2, -0.15) is 0 Å². The molecule has 0 N–H and O–H groups in total. The van der Waals surface area contributed by atoms with E-state index in [4.69, 9.17) is 0 Å². The Balaban J connectivity index is 1.86. The molecule has 0 atom stereocenters. The Bertz CT molecular complexity index is 249.